The van der Waals surface area contributed by atoms with Crippen LogP contribution in [0.4, 0.5) is 0 Å². The molecule has 0 saturated heterocycles. The minimum absolute atomic E-state index is 0. The quantitative estimate of drug-likeness (QED) is 0.368. The van der Waals surface area contributed by atoms with E-state index in [9.17, 15) is 25.9 Å². The van der Waals surface area contributed by atoms with Gasteiger partial charge in [0.15, 0.2) is 0 Å². The minimum Gasteiger partial charge on any atom is -0.744 e. The van der Waals surface area contributed by atoms with Crippen LogP contribution >= 0.6 is 0 Å². The standard InChI is InChI=1S/C6H8O6S2.2Na/c7-13(8,9)5-2-1-3-6(4-5)14(10,11)12;;/h2,4H,1,3H2,(H,7,8,9)(H,10,11,12);;/q;2*+1/p-2. The van der Waals surface area contributed by atoms with Gasteiger partial charge < -0.3 is 9.11 Å². The molecule has 0 spiro atoms. The zero-order valence-electron chi connectivity index (χ0n) is 8.83. The third kappa shape index (κ3) is 5.76. The van der Waals surface area contributed by atoms with Crippen LogP contribution in [0.25, 0.3) is 0 Å². The third-order valence-electron chi connectivity index (χ3n) is 1.65. The predicted octanol–water partition coefficient (Wildman–Crippen LogP) is -6.35. The summed E-state index contributed by atoms with van der Waals surface area (Å²) in [7, 11) is -9.34. The predicted molar refractivity (Wildman–Crippen MR) is 44.8 cm³/mol. The zero-order chi connectivity index (χ0) is 11.0. The molecule has 1 rings (SSSR count). The fourth-order valence-electron chi connectivity index (χ4n) is 1.02. The van der Waals surface area contributed by atoms with Gasteiger partial charge in [-0.1, -0.05) is 6.08 Å². The molecular weight excluding hydrogens is 278 g/mol. The molecule has 0 aromatic carbocycles. The zero-order valence-corrected chi connectivity index (χ0v) is 14.5. The Bertz CT molecular complexity index is 501. The van der Waals surface area contributed by atoms with E-state index in [-0.39, 0.29) is 72.0 Å². The van der Waals surface area contributed by atoms with Gasteiger partial charge in [-0.2, -0.15) is 0 Å². The first-order valence-electron chi connectivity index (χ1n) is 3.54. The van der Waals surface area contributed by atoms with Crippen molar-refractivity contribution in [1.29, 1.82) is 0 Å². The van der Waals surface area contributed by atoms with Crippen LogP contribution in [0.1, 0.15) is 12.8 Å². The molecule has 0 aromatic rings. The molecule has 0 atom stereocenters. The van der Waals surface area contributed by atoms with E-state index in [0.717, 1.165) is 6.08 Å². The van der Waals surface area contributed by atoms with Gasteiger partial charge in [0.05, 0.1) is 4.91 Å². The van der Waals surface area contributed by atoms with Crippen LogP contribution in [0.15, 0.2) is 22.0 Å². The van der Waals surface area contributed by atoms with E-state index in [0.29, 0.717) is 6.08 Å². The van der Waals surface area contributed by atoms with Crippen LogP contribution in [-0.4, -0.2) is 25.9 Å². The molecule has 0 fully saturated rings. The number of rotatable bonds is 2. The fraction of sp³-hybridized carbons (Fsp3) is 0.333. The Kier molecular flexibility index (Phi) is 8.63. The molecule has 0 radical (unpaired) electrons. The Labute approximate surface area is 138 Å². The summed E-state index contributed by atoms with van der Waals surface area (Å²) >= 11 is 0. The summed E-state index contributed by atoms with van der Waals surface area (Å²) in [6.07, 6.45) is 1.71. The van der Waals surface area contributed by atoms with Gasteiger partial charge >= 0.3 is 59.1 Å². The van der Waals surface area contributed by atoms with Crippen molar-refractivity contribution in [2.24, 2.45) is 0 Å². The van der Waals surface area contributed by atoms with Crippen molar-refractivity contribution in [3.63, 3.8) is 0 Å². The molecule has 0 bridgehead atoms. The molecule has 1 aliphatic rings. The summed E-state index contributed by atoms with van der Waals surface area (Å²) < 4.78 is 63.0. The second kappa shape index (κ2) is 7.03. The minimum atomic E-state index is -4.69. The molecule has 80 valence electrons. The van der Waals surface area contributed by atoms with Gasteiger partial charge in [-0.15, -0.1) is 0 Å². The second-order valence-electron chi connectivity index (χ2n) is 2.66. The molecule has 6 nitrogen and oxygen atoms in total. The molecule has 0 N–H and O–H groups in total. The normalized spacial score (nSPS) is 16.4. The van der Waals surface area contributed by atoms with E-state index in [1.807, 2.05) is 0 Å². The van der Waals surface area contributed by atoms with E-state index in [1.54, 1.807) is 0 Å². The molecule has 0 saturated carbocycles. The average Bonchev–Trinajstić information content (AvgIpc) is 2.01. The number of hydrogen-bond acceptors (Lipinski definition) is 6. The van der Waals surface area contributed by atoms with Crippen LogP contribution < -0.4 is 59.1 Å². The van der Waals surface area contributed by atoms with Crippen LogP contribution in [0.2, 0.25) is 0 Å². The summed E-state index contributed by atoms with van der Waals surface area (Å²) in [6.45, 7) is 0. The molecule has 0 aliphatic heterocycles. The Balaban J connectivity index is 0. The maximum atomic E-state index is 10.5. The molecule has 10 heteroatoms. The van der Waals surface area contributed by atoms with E-state index in [2.05, 4.69) is 0 Å². The first kappa shape index (κ1) is 19.6. The maximum Gasteiger partial charge on any atom is 1.00 e. The SMILES string of the molecule is O=S(=O)([O-])C1=CCCC(S(=O)(=O)[O-])=C1.[Na+].[Na+]. The Morgan fingerprint density at radius 2 is 1.50 bits per heavy atom. The van der Waals surface area contributed by atoms with Gasteiger partial charge in [0.2, 0.25) is 0 Å². The molecular formula is C6H6Na2O6S2. The van der Waals surface area contributed by atoms with E-state index in [1.165, 1.54) is 0 Å². The molecule has 1 aliphatic carbocycles. The van der Waals surface area contributed by atoms with Crippen LogP contribution in [-0.2, 0) is 20.2 Å². The van der Waals surface area contributed by atoms with Crippen molar-refractivity contribution in [2.75, 3.05) is 0 Å². The summed E-state index contributed by atoms with van der Waals surface area (Å²) in [5.41, 5.74) is 0. The Hall–Kier alpha value is 1.30. The first-order chi connectivity index (χ1) is 6.21. The topological polar surface area (TPSA) is 114 Å². The van der Waals surface area contributed by atoms with E-state index >= 15 is 0 Å². The van der Waals surface area contributed by atoms with Crippen molar-refractivity contribution >= 4 is 20.2 Å². The Morgan fingerprint density at radius 1 is 1.00 bits per heavy atom. The van der Waals surface area contributed by atoms with Crippen molar-refractivity contribution < 1.29 is 85.1 Å². The second-order valence-corrected chi connectivity index (χ2v) is 5.48. The average molecular weight is 284 g/mol. The molecule has 16 heavy (non-hydrogen) atoms. The van der Waals surface area contributed by atoms with Gasteiger partial charge in [-0.3, -0.25) is 0 Å². The molecule has 0 heterocycles. The van der Waals surface area contributed by atoms with Crippen molar-refractivity contribution in [1.82, 2.24) is 0 Å². The monoisotopic (exact) mass is 284 g/mol. The van der Waals surface area contributed by atoms with E-state index in [4.69, 9.17) is 0 Å². The van der Waals surface area contributed by atoms with Crippen LogP contribution in [0.5, 0.6) is 0 Å². The van der Waals surface area contributed by atoms with Crippen molar-refractivity contribution in [2.45, 2.75) is 12.8 Å². The van der Waals surface area contributed by atoms with E-state index < -0.39 is 30.0 Å². The van der Waals surface area contributed by atoms with Crippen LogP contribution in [0, 0.1) is 0 Å². The largest absolute Gasteiger partial charge is 1.00 e. The van der Waals surface area contributed by atoms with Crippen molar-refractivity contribution in [3.8, 4) is 0 Å². The summed E-state index contributed by atoms with van der Waals surface area (Å²) in [4.78, 5) is -1.22. The molecule has 0 unspecified atom stereocenters. The van der Waals surface area contributed by atoms with Gasteiger partial charge in [-0.25, -0.2) is 16.8 Å². The summed E-state index contributed by atoms with van der Waals surface area (Å²) in [5, 5.41) is 0. The van der Waals surface area contributed by atoms with Gasteiger partial charge in [0.1, 0.15) is 20.2 Å². The molecule has 0 amide bonds. The van der Waals surface area contributed by atoms with Gasteiger partial charge in [-0.05, 0) is 18.9 Å². The third-order valence-corrected chi connectivity index (χ3v) is 3.48. The maximum absolute atomic E-state index is 10.5. The molecule has 0 aromatic heterocycles. The number of allylic oxidation sites excluding steroid dienone is 3. The smallest absolute Gasteiger partial charge is 0.744 e. The first-order valence-corrected chi connectivity index (χ1v) is 6.35. The Morgan fingerprint density at radius 3 is 1.88 bits per heavy atom. The van der Waals surface area contributed by atoms with Gasteiger partial charge in [0.25, 0.3) is 0 Å². The number of hydrogen-bond donors (Lipinski definition) is 0. The van der Waals surface area contributed by atoms with Gasteiger partial charge in [0, 0.05) is 4.91 Å². The van der Waals surface area contributed by atoms with Crippen molar-refractivity contribution in [3.05, 3.63) is 22.0 Å². The summed E-state index contributed by atoms with van der Waals surface area (Å²) in [6, 6.07) is 0. The summed E-state index contributed by atoms with van der Waals surface area (Å²) in [5.74, 6) is 0. The van der Waals surface area contributed by atoms with Crippen LogP contribution in [0.3, 0.4) is 0 Å². The fourth-order valence-corrected chi connectivity index (χ4v) is 2.34.